The number of hydrogen-bond acceptors (Lipinski definition) is 4. The van der Waals surface area contributed by atoms with Crippen LogP contribution in [0, 0.1) is 0 Å². The van der Waals surface area contributed by atoms with Gasteiger partial charge in [-0.05, 0) is 19.3 Å². The summed E-state index contributed by atoms with van der Waals surface area (Å²) < 4.78 is 0.613. The van der Waals surface area contributed by atoms with Gasteiger partial charge in [0.15, 0.2) is 0 Å². The van der Waals surface area contributed by atoms with Gasteiger partial charge in [0.2, 0.25) is 0 Å². The first-order valence-corrected chi connectivity index (χ1v) is 10.3. The van der Waals surface area contributed by atoms with Crippen molar-refractivity contribution in [2.24, 2.45) is 0 Å². The fraction of sp³-hybridized carbons (Fsp3) is 0.850. The molecule has 27 heavy (non-hydrogen) atoms. The Morgan fingerprint density at radius 1 is 0.667 bits per heavy atom. The molecule has 0 saturated heterocycles. The molecule has 0 aliphatic heterocycles. The summed E-state index contributed by atoms with van der Waals surface area (Å²) in [7, 11) is 0. The maximum Gasteiger partial charge on any atom is 0.303 e. The van der Waals surface area contributed by atoms with Gasteiger partial charge < -0.3 is 24.6 Å². The Balaban J connectivity index is 4.83. The van der Waals surface area contributed by atoms with Crippen molar-refractivity contribution in [2.75, 3.05) is 26.2 Å². The highest BCUT2D eigenvalue weighted by atomic mass is 16.4. The lowest BCUT2D eigenvalue weighted by Gasteiger charge is -2.39. The number of rotatable bonds is 19. The zero-order valence-electron chi connectivity index (χ0n) is 16.8. The number of aliphatic carboxylic acids is 3. The number of carboxylic acids is 3. The largest absolute Gasteiger partial charge is 0.550 e. The molecule has 0 aromatic rings. The van der Waals surface area contributed by atoms with Gasteiger partial charge in [-0.3, -0.25) is 9.59 Å². The number of unbranched alkanes of at least 4 members (excludes halogenated alkanes) is 5. The Hall–Kier alpha value is -1.63. The minimum atomic E-state index is -1.08. The summed E-state index contributed by atoms with van der Waals surface area (Å²) in [6.45, 7) is 4.94. The number of carbonyl (C=O) groups is 3. The van der Waals surface area contributed by atoms with E-state index in [0.717, 1.165) is 25.8 Å². The van der Waals surface area contributed by atoms with Gasteiger partial charge in [-0.25, -0.2) is 0 Å². The summed E-state index contributed by atoms with van der Waals surface area (Å²) in [6.07, 6.45) is 8.52. The minimum Gasteiger partial charge on any atom is -0.550 e. The van der Waals surface area contributed by atoms with Crippen LogP contribution in [0.2, 0.25) is 0 Å². The van der Waals surface area contributed by atoms with Crippen LogP contribution in [0.5, 0.6) is 0 Å². The lowest BCUT2D eigenvalue weighted by molar-refractivity contribution is -0.929. The third-order valence-corrected chi connectivity index (χ3v) is 5.05. The van der Waals surface area contributed by atoms with E-state index >= 15 is 0 Å². The lowest BCUT2D eigenvalue weighted by atomic mass is 10.1. The molecular formula is C20H37NO6. The van der Waals surface area contributed by atoms with E-state index in [4.69, 9.17) is 10.2 Å². The van der Waals surface area contributed by atoms with Crippen LogP contribution < -0.4 is 5.11 Å². The highest BCUT2D eigenvalue weighted by molar-refractivity contribution is 5.66. The number of hydrogen-bond donors (Lipinski definition) is 2. The molecule has 0 atom stereocenters. The molecular weight excluding hydrogens is 350 g/mol. The molecule has 0 aliphatic carbocycles. The van der Waals surface area contributed by atoms with E-state index in [1.165, 1.54) is 19.3 Å². The van der Waals surface area contributed by atoms with Gasteiger partial charge in [-0.2, -0.15) is 0 Å². The highest BCUT2D eigenvalue weighted by Gasteiger charge is 2.26. The van der Waals surface area contributed by atoms with E-state index in [1.54, 1.807) is 0 Å². The molecule has 158 valence electrons. The Morgan fingerprint density at radius 2 is 1.07 bits per heavy atom. The van der Waals surface area contributed by atoms with Crippen molar-refractivity contribution in [3.05, 3.63) is 0 Å². The van der Waals surface area contributed by atoms with E-state index in [9.17, 15) is 19.5 Å². The van der Waals surface area contributed by atoms with E-state index in [0.29, 0.717) is 43.4 Å². The number of carbonyl (C=O) groups excluding carboxylic acids is 1. The molecule has 0 aromatic carbocycles. The van der Waals surface area contributed by atoms with Crippen molar-refractivity contribution < 1.29 is 34.2 Å². The summed E-state index contributed by atoms with van der Waals surface area (Å²) >= 11 is 0. The molecule has 0 amide bonds. The second-order valence-corrected chi connectivity index (χ2v) is 7.47. The standard InChI is InChI=1S/C20H37NO6/c1-2-3-4-5-6-7-14-21(15-8-11-18(22)23,16-9-12-19(24)25)17-10-13-20(26)27/h2-17H2,1H3,(H2-,22,23,24,25,26,27). The minimum absolute atomic E-state index is 0.0195. The van der Waals surface area contributed by atoms with Crippen LogP contribution in [0.1, 0.15) is 84.0 Å². The molecule has 0 heterocycles. The molecule has 7 nitrogen and oxygen atoms in total. The average molecular weight is 388 g/mol. The van der Waals surface area contributed by atoms with Crippen molar-refractivity contribution >= 4 is 17.9 Å². The fourth-order valence-corrected chi connectivity index (χ4v) is 3.59. The maximum absolute atomic E-state index is 10.9. The summed E-state index contributed by atoms with van der Waals surface area (Å²) in [6, 6.07) is 0. The molecule has 7 heteroatoms. The number of carboxylic acid groups (broad SMARTS) is 3. The van der Waals surface area contributed by atoms with E-state index in [-0.39, 0.29) is 19.3 Å². The molecule has 0 aromatic heterocycles. The smallest absolute Gasteiger partial charge is 0.303 e. The van der Waals surface area contributed by atoms with Gasteiger partial charge in [0.1, 0.15) is 0 Å². The Bertz CT molecular complexity index is 388. The molecule has 0 radical (unpaired) electrons. The quantitative estimate of drug-likeness (QED) is 0.260. The maximum atomic E-state index is 10.9. The third-order valence-electron chi connectivity index (χ3n) is 5.05. The van der Waals surface area contributed by atoms with Gasteiger partial charge >= 0.3 is 11.9 Å². The molecule has 2 N–H and O–H groups in total. The van der Waals surface area contributed by atoms with Crippen molar-refractivity contribution in [3.63, 3.8) is 0 Å². The van der Waals surface area contributed by atoms with E-state index < -0.39 is 17.9 Å². The van der Waals surface area contributed by atoms with Gasteiger partial charge in [0.25, 0.3) is 0 Å². The monoisotopic (exact) mass is 387 g/mol. The van der Waals surface area contributed by atoms with E-state index in [1.807, 2.05) is 0 Å². The van der Waals surface area contributed by atoms with Gasteiger partial charge in [-0.15, -0.1) is 0 Å². The second kappa shape index (κ2) is 15.4. The SMILES string of the molecule is CCCCCCCC[N+](CCCC(=O)[O-])(CCCC(=O)O)CCCC(=O)O. The van der Waals surface area contributed by atoms with Gasteiger partial charge in [-0.1, -0.05) is 32.6 Å². The van der Waals surface area contributed by atoms with Crippen molar-refractivity contribution in [1.82, 2.24) is 0 Å². The lowest BCUT2D eigenvalue weighted by Crippen LogP contribution is -2.51. The molecule has 0 fully saturated rings. The van der Waals surface area contributed by atoms with Crippen LogP contribution in [0.4, 0.5) is 0 Å². The summed E-state index contributed by atoms with van der Waals surface area (Å²) in [5.41, 5.74) is 0. The Labute approximate surface area is 163 Å². The predicted molar refractivity (Wildman–Crippen MR) is 101 cm³/mol. The fourth-order valence-electron chi connectivity index (χ4n) is 3.59. The first kappa shape index (κ1) is 25.4. The molecule has 0 aliphatic rings. The first-order chi connectivity index (χ1) is 12.8. The normalized spacial score (nSPS) is 11.4. The Kier molecular flexibility index (Phi) is 14.5. The highest BCUT2D eigenvalue weighted by Crippen LogP contribution is 2.18. The summed E-state index contributed by atoms with van der Waals surface area (Å²) in [5, 5.41) is 28.6. The summed E-state index contributed by atoms with van der Waals surface area (Å²) in [5.74, 6) is -2.76. The molecule has 0 saturated carbocycles. The number of quaternary nitrogens is 1. The van der Waals surface area contributed by atoms with Gasteiger partial charge in [0.05, 0.1) is 39.0 Å². The predicted octanol–water partition coefficient (Wildman–Crippen LogP) is 2.42. The first-order valence-electron chi connectivity index (χ1n) is 10.3. The second-order valence-electron chi connectivity index (χ2n) is 7.47. The molecule has 0 bridgehead atoms. The molecule has 0 rings (SSSR count). The van der Waals surface area contributed by atoms with E-state index in [2.05, 4.69) is 6.92 Å². The van der Waals surface area contributed by atoms with Crippen LogP contribution in [0.3, 0.4) is 0 Å². The topological polar surface area (TPSA) is 115 Å². The van der Waals surface area contributed by atoms with Crippen LogP contribution in [-0.2, 0) is 14.4 Å². The average Bonchev–Trinajstić information content (AvgIpc) is 2.57. The third kappa shape index (κ3) is 15.2. The molecule has 0 spiro atoms. The number of nitrogens with zero attached hydrogens (tertiary/aromatic N) is 1. The zero-order valence-corrected chi connectivity index (χ0v) is 16.8. The van der Waals surface area contributed by atoms with Crippen molar-refractivity contribution in [3.8, 4) is 0 Å². The summed E-state index contributed by atoms with van der Waals surface area (Å²) in [4.78, 5) is 32.5. The Morgan fingerprint density at radius 3 is 1.52 bits per heavy atom. The molecule has 0 unspecified atom stereocenters. The van der Waals surface area contributed by atoms with Crippen molar-refractivity contribution in [1.29, 1.82) is 0 Å². The van der Waals surface area contributed by atoms with Crippen molar-refractivity contribution in [2.45, 2.75) is 84.0 Å². The van der Waals surface area contributed by atoms with Crippen LogP contribution >= 0.6 is 0 Å². The zero-order chi connectivity index (χ0) is 20.5. The van der Waals surface area contributed by atoms with Gasteiger partial charge in [0, 0.05) is 25.2 Å². The van der Waals surface area contributed by atoms with Crippen LogP contribution in [0.25, 0.3) is 0 Å². The van der Waals surface area contributed by atoms with Crippen LogP contribution in [0.15, 0.2) is 0 Å². The van der Waals surface area contributed by atoms with Crippen LogP contribution in [-0.4, -0.2) is 58.8 Å².